The maximum Gasteiger partial charge on any atom is 0.328 e. The first kappa shape index (κ1) is 11.0. The number of unbranched alkanes of at least 4 members (excludes halogenated alkanes) is 3. The Hall–Kier alpha value is -1.05. The van der Waals surface area contributed by atoms with Gasteiger partial charge in [-0.05, 0) is 12.8 Å². The average Bonchev–Trinajstić information content (AvgIpc) is 2.02. The van der Waals surface area contributed by atoms with Gasteiger partial charge in [-0.1, -0.05) is 38.0 Å². The molecule has 0 unspecified atom stereocenters. The normalized spacial score (nSPS) is 11.4. The Morgan fingerprint density at radius 1 is 1.33 bits per heavy atom. The third-order valence-electron chi connectivity index (χ3n) is 1.46. The van der Waals surface area contributed by atoms with Gasteiger partial charge in [0.1, 0.15) is 0 Å². The molecule has 0 aromatic carbocycles. The van der Waals surface area contributed by atoms with Gasteiger partial charge in [-0.3, -0.25) is 0 Å². The zero-order valence-electron chi connectivity index (χ0n) is 7.49. The van der Waals surface area contributed by atoms with E-state index in [1.54, 1.807) is 12.2 Å². The first-order valence-corrected chi connectivity index (χ1v) is 4.33. The highest BCUT2D eigenvalue weighted by Crippen LogP contribution is 1.99. The van der Waals surface area contributed by atoms with E-state index in [1.165, 1.54) is 19.3 Å². The minimum Gasteiger partial charge on any atom is -0.478 e. The van der Waals surface area contributed by atoms with Crippen molar-refractivity contribution < 1.29 is 9.90 Å². The molecule has 0 aliphatic rings. The fourth-order valence-corrected chi connectivity index (χ4v) is 0.825. The molecule has 12 heavy (non-hydrogen) atoms. The van der Waals surface area contributed by atoms with Gasteiger partial charge in [0.25, 0.3) is 0 Å². The van der Waals surface area contributed by atoms with Crippen LogP contribution in [0.2, 0.25) is 0 Å². The van der Waals surface area contributed by atoms with E-state index in [1.807, 2.05) is 6.08 Å². The molecule has 0 saturated carbocycles. The van der Waals surface area contributed by atoms with Gasteiger partial charge in [0.05, 0.1) is 0 Å². The summed E-state index contributed by atoms with van der Waals surface area (Å²) in [6.45, 7) is 2.16. The summed E-state index contributed by atoms with van der Waals surface area (Å²) in [5.74, 6) is -0.895. The number of carboxylic acids is 1. The van der Waals surface area contributed by atoms with Gasteiger partial charge in [0.15, 0.2) is 0 Å². The molecule has 0 aliphatic heterocycles. The molecule has 0 aromatic heterocycles. The largest absolute Gasteiger partial charge is 0.478 e. The smallest absolute Gasteiger partial charge is 0.328 e. The fourth-order valence-electron chi connectivity index (χ4n) is 0.825. The minimum atomic E-state index is -0.895. The molecule has 0 radical (unpaired) electrons. The van der Waals surface area contributed by atoms with Gasteiger partial charge in [0.2, 0.25) is 0 Å². The standard InChI is InChI=1S/C10H16O2/c1-2-3-4-5-6-7-8-9-10(11)12/h6-9H,2-5H2,1H3,(H,11,12)/b7-6-,9-8+. The highest BCUT2D eigenvalue weighted by Gasteiger charge is 1.82. The van der Waals surface area contributed by atoms with Crippen LogP contribution in [0.5, 0.6) is 0 Å². The number of aliphatic carboxylic acids is 1. The van der Waals surface area contributed by atoms with Crippen molar-refractivity contribution in [1.82, 2.24) is 0 Å². The van der Waals surface area contributed by atoms with Crippen LogP contribution >= 0.6 is 0 Å². The van der Waals surface area contributed by atoms with Crippen LogP contribution in [0.15, 0.2) is 24.3 Å². The Morgan fingerprint density at radius 3 is 2.67 bits per heavy atom. The molecule has 0 fully saturated rings. The second-order valence-corrected chi connectivity index (χ2v) is 2.62. The van der Waals surface area contributed by atoms with Gasteiger partial charge < -0.3 is 5.11 Å². The summed E-state index contributed by atoms with van der Waals surface area (Å²) in [6, 6.07) is 0. The van der Waals surface area contributed by atoms with Crippen molar-refractivity contribution >= 4 is 5.97 Å². The van der Waals surface area contributed by atoms with Crippen molar-refractivity contribution in [2.45, 2.75) is 32.6 Å². The highest BCUT2D eigenvalue weighted by molar-refractivity contribution is 5.80. The zero-order valence-corrected chi connectivity index (χ0v) is 7.49. The lowest BCUT2D eigenvalue weighted by atomic mass is 10.2. The predicted octanol–water partition coefficient (Wildman–Crippen LogP) is 2.76. The molecule has 0 aromatic rings. The van der Waals surface area contributed by atoms with Crippen LogP contribution in [0.1, 0.15) is 32.6 Å². The molecule has 0 saturated heterocycles. The van der Waals surface area contributed by atoms with Crippen molar-refractivity contribution in [3.63, 3.8) is 0 Å². The van der Waals surface area contributed by atoms with Crippen molar-refractivity contribution in [3.8, 4) is 0 Å². The van der Waals surface area contributed by atoms with Crippen LogP contribution in [0, 0.1) is 0 Å². The van der Waals surface area contributed by atoms with E-state index in [-0.39, 0.29) is 0 Å². The molecule has 0 amide bonds. The number of hydrogen-bond donors (Lipinski definition) is 1. The van der Waals surface area contributed by atoms with Crippen molar-refractivity contribution in [2.24, 2.45) is 0 Å². The summed E-state index contributed by atoms with van der Waals surface area (Å²) in [5.41, 5.74) is 0. The molecular formula is C10H16O2. The lowest BCUT2D eigenvalue weighted by Crippen LogP contribution is -1.84. The van der Waals surface area contributed by atoms with Gasteiger partial charge in [0, 0.05) is 6.08 Å². The summed E-state index contributed by atoms with van der Waals surface area (Å²) in [4.78, 5) is 10.0. The molecule has 0 heterocycles. The summed E-state index contributed by atoms with van der Waals surface area (Å²) in [6.07, 6.45) is 11.2. The summed E-state index contributed by atoms with van der Waals surface area (Å²) >= 11 is 0. The monoisotopic (exact) mass is 168 g/mol. The number of rotatable bonds is 6. The van der Waals surface area contributed by atoms with Crippen LogP contribution in [0.3, 0.4) is 0 Å². The lowest BCUT2D eigenvalue weighted by Gasteiger charge is -1.89. The van der Waals surface area contributed by atoms with E-state index in [2.05, 4.69) is 6.92 Å². The van der Waals surface area contributed by atoms with E-state index in [0.29, 0.717) is 0 Å². The third-order valence-corrected chi connectivity index (χ3v) is 1.46. The Morgan fingerprint density at radius 2 is 2.08 bits per heavy atom. The van der Waals surface area contributed by atoms with Gasteiger partial charge >= 0.3 is 5.97 Å². The molecule has 2 heteroatoms. The van der Waals surface area contributed by atoms with E-state index in [9.17, 15) is 4.79 Å². The SMILES string of the molecule is CCCCC/C=C\C=C\C(=O)O. The number of hydrogen-bond acceptors (Lipinski definition) is 1. The maximum atomic E-state index is 10.0. The predicted molar refractivity (Wildman–Crippen MR) is 50.1 cm³/mol. The lowest BCUT2D eigenvalue weighted by molar-refractivity contribution is -0.131. The van der Waals surface area contributed by atoms with E-state index in [0.717, 1.165) is 12.5 Å². The molecule has 2 nitrogen and oxygen atoms in total. The minimum absolute atomic E-state index is 0.895. The molecule has 1 N–H and O–H groups in total. The van der Waals surface area contributed by atoms with Crippen LogP contribution in [0.4, 0.5) is 0 Å². The Bertz CT molecular complexity index is 169. The van der Waals surface area contributed by atoms with Gasteiger partial charge in [-0.25, -0.2) is 4.79 Å². The Labute approximate surface area is 73.6 Å². The van der Waals surface area contributed by atoms with Crippen LogP contribution < -0.4 is 0 Å². The molecule has 0 spiro atoms. The topological polar surface area (TPSA) is 37.3 Å². The second kappa shape index (κ2) is 8.05. The molecule has 0 atom stereocenters. The molecule has 68 valence electrons. The first-order valence-electron chi connectivity index (χ1n) is 4.33. The highest BCUT2D eigenvalue weighted by atomic mass is 16.4. The quantitative estimate of drug-likeness (QED) is 0.376. The maximum absolute atomic E-state index is 10.0. The van der Waals surface area contributed by atoms with E-state index < -0.39 is 5.97 Å². The van der Waals surface area contributed by atoms with Crippen molar-refractivity contribution in [2.75, 3.05) is 0 Å². The first-order chi connectivity index (χ1) is 5.77. The Kier molecular flexibility index (Phi) is 7.35. The second-order valence-electron chi connectivity index (χ2n) is 2.62. The average molecular weight is 168 g/mol. The van der Waals surface area contributed by atoms with Crippen molar-refractivity contribution in [1.29, 1.82) is 0 Å². The Balaban J connectivity index is 3.31. The summed E-state index contributed by atoms with van der Waals surface area (Å²) in [7, 11) is 0. The zero-order chi connectivity index (χ0) is 9.23. The number of carboxylic acid groups (broad SMARTS) is 1. The molecule has 0 aliphatic carbocycles. The van der Waals surface area contributed by atoms with Crippen LogP contribution in [-0.2, 0) is 4.79 Å². The van der Waals surface area contributed by atoms with Gasteiger partial charge in [-0.15, -0.1) is 0 Å². The summed E-state index contributed by atoms with van der Waals surface area (Å²) in [5, 5.41) is 8.23. The van der Waals surface area contributed by atoms with Crippen LogP contribution in [0.25, 0.3) is 0 Å². The fraction of sp³-hybridized carbons (Fsp3) is 0.500. The molecular weight excluding hydrogens is 152 g/mol. The molecule has 0 bridgehead atoms. The summed E-state index contributed by atoms with van der Waals surface area (Å²) < 4.78 is 0. The van der Waals surface area contributed by atoms with Crippen molar-refractivity contribution in [3.05, 3.63) is 24.3 Å². The van der Waals surface area contributed by atoms with E-state index >= 15 is 0 Å². The molecule has 0 rings (SSSR count). The van der Waals surface area contributed by atoms with Gasteiger partial charge in [-0.2, -0.15) is 0 Å². The van der Waals surface area contributed by atoms with E-state index in [4.69, 9.17) is 5.11 Å². The third kappa shape index (κ3) is 8.95. The number of allylic oxidation sites excluding steroid dienone is 3. The number of carbonyl (C=O) groups is 1. The van der Waals surface area contributed by atoms with Crippen LogP contribution in [-0.4, -0.2) is 11.1 Å².